The number of nitrogens with two attached hydrogens (primary N) is 1. The maximum absolute atomic E-state index is 16.5. The summed E-state index contributed by atoms with van der Waals surface area (Å²) in [5.74, 6) is 0.548. The van der Waals surface area contributed by atoms with Gasteiger partial charge in [0.05, 0.1) is 19.5 Å². The Kier molecular flexibility index (Phi) is 9.86. The third-order valence-electron chi connectivity index (χ3n) is 7.08. The summed E-state index contributed by atoms with van der Waals surface area (Å²) in [6.07, 6.45) is -2.73. The number of carbonyl (C=O) groups excluding carboxylic acids is 2. The smallest absolute Gasteiger partial charge is 0.381 e. The molecule has 1 saturated carbocycles. The zero-order valence-electron chi connectivity index (χ0n) is 26.0. The number of halogens is 1. The van der Waals surface area contributed by atoms with E-state index in [-0.39, 0.29) is 46.5 Å². The molecule has 0 aromatic carbocycles. The summed E-state index contributed by atoms with van der Waals surface area (Å²) in [4.78, 5) is 37.0. The molecular weight excluding hydrogens is 638 g/mol. The fraction of sp³-hybridized carbons (Fsp3) is 0.731. The van der Waals surface area contributed by atoms with E-state index in [4.69, 9.17) is 24.0 Å². The first-order valence-electron chi connectivity index (χ1n) is 13.9. The van der Waals surface area contributed by atoms with Crippen LogP contribution in [-0.2, 0) is 32.5 Å². The Labute approximate surface area is 263 Å². The number of rotatable bonds is 12. The van der Waals surface area contributed by atoms with Crippen molar-refractivity contribution in [1.82, 2.24) is 19.5 Å². The molecule has 246 valence electrons. The molecule has 0 bridgehead atoms. The lowest BCUT2D eigenvalue weighted by molar-refractivity contribution is -0.118. The fourth-order valence-corrected chi connectivity index (χ4v) is 7.68. The van der Waals surface area contributed by atoms with Crippen LogP contribution >= 0.6 is 31.3 Å². The Morgan fingerprint density at radius 2 is 1.68 bits per heavy atom. The van der Waals surface area contributed by atoms with Crippen LogP contribution in [0.3, 0.4) is 0 Å². The largest absolute Gasteiger partial charge is 0.475 e. The van der Waals surface area contributed by atoms with Crippen molar-refractivity contribution in [3.8, 4) is 0 Å². The van der Waals surface area contributed by atoms with Crippen LogP contribution < -0.4 is 11.1 Å². The van der Waals surface area contributed by atoms with Gasteiger partial charge in [-0.2, -0.15) is 9.97 Å². The van der Waals surface area contributed by atoms with Gasteiger partial charge in [-0.25, -0.2) is 13.9 Å². The molecule has 0 amide bonds. The second-order valence-corrected chi connectivity index (χ2v) is 16.5. The first-order chi connectivity index (χ1) is 20.3. The normalized spacial score (nSPS) is 27.0. The number of ether oxygens (including phenoxy) is 1. The van der Waals surface area contributed by atoms with Gasteiger partial charge in [-0.05, 0) is 6.92 Å². The van der Waals surface area contributed by atoms with E-state index in [1.165, 1.54) is 10.9 Å². The highest BCUT2D eigenvalue weighted by molar-refractivity contribution is 8.14. The van der Waals surface area contributed by atoms with Crippen molar-refractivity contribution in [3.05, 3.63) is 6.33 Å². The number of aliphatic hydroxyl groups is 1. The van der Waals surface area contributed by atoms with E-state index in [9.17, 15) is 19.3 Å². The lowest BCUT2D eigenvalue weighted by Crippen LogP contribution is -2.45. The minimum Gasteiger partial charge on any atom is -0.381 e. The third-order valence-corrected chi connectivity index (χ3v) is 11.1. The fourth-order valence-electron chi connectivity index (χ4n) is 4.49. The molecule has 1 aliphatic heterocycles. The Balaban J connectivity index is 1.47. The van der Waals surface area contributed by atoms with Crippen molar-refractivity contribution in [1.29, 1.82) is 0 Å². The number of aromatic nitrogens is 4. The lowest BCUT2D eigenvalue weighted by Gasteiger charge is -2.31. The highest BCUT2D eigenvalue weighted by Crippen LogP contribution is 2.67. The summed E-state index contributed by atoms with van der Waals surface area (Å²) in [5.41, 5.74) is 0.438. The van der Waals surface area contributed by atoms with E-state index < -0.39 is 48.4 Å². The molecule has 2 aromatic heterocycles. The SMILES string of the molecule is CNc1nc(N)nc2c1ncn2[C@@H]1O[C@@H]2C(OP(=O)(OCCSC(=O)C(C)(C)C)OCCSC(=O)C(C)(C)C)[C@]2(O)[C@@]1(C)F. The highest BCUT2D eigenvalue weighted by atomic mass is 32.2. The van der Waals surface area contributed by atoms with Gasteiger partial charge in [-0.15, -0.1) is 0 Å². The monoisotopic (exact) mass is 678 g/mol. The van der Waals surface area contributed by atoms with Crippen molar-refractivity contribution < 1.29 is 42.0 Å². The molecule has 0 spiro atoms. The second-order valence-electron chi connectivity index (χ2n) is 12.7. The predicted molar refractivity (Wildman–Crippen MR) is 166 cm³/mol. The summed E-state index contributed by atoms with van der Waals surface area (Å²) < 4.78 is 54.0. The molecule has 1 saturated heterocycles. The summed E-state index contributed by atoms with van der Waals surface area (Å²) in [6.45, 7) is 11.4. The molecular formula is C26H40FN6O8PS2. The first-order valence-corrected chi connectivity index (χ1v) is 17.4. The van der Waals surface area contributed by atoms with Gasteiger partial charge in [-0.3, -0.25) is 27.7 Å². The van der Waals surface area contributed by atoms with Crippen molar-refractivity contribution in [2.75, 3.05) is 42.8 Å². The second kappa shape index (κ2) is 12.4. The Morgan fingerprint density at radius 1 is 1.14 bits per heavy atom. The molecule has 1 unspecified atom stereocenters. The number of anilines is 2. The van der Waals surface area contributed by atoms with Gasteiger partial charge in [0, 0.05) is 29.4 Å². The number of nitrogen functional groups attached to an aromatic ring is 1. The molecule has 2 aromatic rings. The molecule has 1 aliphatic carbocycles. The van der Waals surface area contributed by atoms with Crippen molar-refractivity contribution in [2.45, 2.75) is 78.2 Å². The van der Waals surface area contributed by atoms with Crippen molar-refractivity contribution in [2.24, 2.45) is 10.8 Å². The van der Waals surface area contributed by atoms with Crippen LogP contribution in [0.25, 0.3) is 11.2 Å². The van der Waals surface area contributed by atoms with Crippen LogP contribution in [0.1, 0.15) is 54.7 Å². The van der Waals surface area contributed by atoms with E-state index >= 15 is 4.39 Å². The number of hydrogen-bond acceptors (Lipinski definition) is 15. The molecule has 14 nitrogen and oxygen atoms in total. The number of nitrogens with one attached hydrogen (secondary N) is 1. The number of carbonyl (C=O) groups is 2. The molecule has 4 rings (SSSR count). The number of hydrogen-bond donors (Lipinski definition) is 3. The number of alkyl halides is 1. The molecule has 44 heavy (non-hydrogen) atoms. The molecule has 4 N–H and O–H groups in total. The molecule has 18 heteroatoms. The van der Waals surface area contributed by atoms with Gasteiger partial charge in [-0.1, -0.05) is 65.1 Å². The number of fused-ring (bicyclic) bond motifs is 2. The zero-order chi connectivity index (χ0) is 32.9. The average Bonchev–Trinajstić information content (AvgIpc) is 3.16. The van der Waals surface area contributed by atoms with Crippen molar-refractivity contribution in [3.63, 3.8) is 0 Å². The predicted octanol–water partition coefficient (Wildman–Crippen LogP) is 3.96. The topological polar surface area (TPSA) is 190 Å². The van der Waals surface area contributed by atoms with Crippen LogP contribution in [-0.4, -0.2) is 90.1 Å². The first kappa shape index (κ1) is 35.0. The van der Waals surface area contributed by atoms with Crippen LogP contribution in [0, 0.1) is 10.8 Å². The summed E-state index contributed by atoms with van der Waals surface area (Å²) >= 11 is 2.00. The summed E-state index contributed by atoms with van der Waals surface area (Å²) in [5, 5.41) is 14.1. The van der Waals surface area contributed by atoms with Gasteiger partial charge >= 0.3 is 7.82 Å². The van der Waals surface area contributed by atoms with Crippen molar-refractivity contribution >= 4 is 64.5 Å². The van der Waals surface area contributed by atoms with Gasteiger partial charge < -0.3 is 20.9 Å². The quantitative estimate of drug-likeness (QED) is 0.216. The minimum absolute atomic E-state index is 0.0767. The van der Waals surface area contributed by atoms with Crippen LogP contribution in [0.2, 0.25) is 0 Å². The molecule has 2 fully saturated rings. The number of thioether (sulfide) groups is 2. The van der Waals surface area contributed by atoms with Gasteiger partial charge in [0.2, 0.25) is 5.95 Å². The highest BCUT2D eigenvalue weighted by Gasteiger charge is 2.85. The van der Waals surface area contributed by atoms with Crippen LogP contribution in [0.15, 0.2) is 6.33 Å². The van der Waals surface area contributed by atoms with E-state index in [1.54, 1.807) is 48.6 Å². The van der Waals surface area contributed by atoms with Crippen LogP contribution in [0.4, 0.5) is 16.2 Å². The Bertz CT molecular complexity index is 1430. The number of nitrogens with zero attached hydrogens (tertiary/aromatic N) is 4. The molecule has 5 atom stereocenters. The van der Waals surface area contributed by atoms with Gasteiger partial charge in [0.15, 0.2) is 44.7 Å². The van der Waals surface area contributed by atoms with E-state index in [0.717, 1.165) is 30.4 Å². The number of imidazole rings is 1. The third kappa shape index (κ3) is 6.80. The Hall–Kier alpha value is -1.85. The van der Waals surface area contributed by atoms with Crippen LogP contribution in [0.5, 0.6) is 0 Å². The summed E-state index contributed by atoms with van der Waals surface area (Å²) in [6, 6.07) is 0. The van der Waals surface area contributed by atoms with E-state index in [2.05, 4.69) is 20.3 Å². The maximum atomic E-state index is 16.5. The zero-order valence-corrected chi connectivity index (χ0v) is 28.5. The van der Waals surface area contributed by atoms with E-state index in [0.29, 0.717) is 11.3 Å². The Morgan fingerprint density at radius 3 is 2.14 bits per heavy atom. The standard InChI is InChI=1S/C26H40FN6O8PS2/c1-23(2,3)20(34)43-11-9-38-42(37,39-10-12-44-21(35)24(4,5)6)41-16-15-26(16,36)25(7,27)19(40-15)33-13-30-14-17(29-8)31-22(28)32-18(14)33/h13,15-16,19,36H,9-12H2,1-8H3,(H3,28,29,31,32)/t15-,16?,19-,25+,26+/m1/s1. The number of phosphoric acid groups is 1. The molecule has 2 aliphatic rings. The van der Waals surface area contributed by atoms with E-state index in [1.807, 2.05) is 0 Å². The van der Waals surface area contributed by atoms with Gasteiger partial charge in [0.1, 0.15) is 12.2 Å². The number of phosphoric ester groups is 1. The van der Waals surface area contributed by atoms with Gasteiger partial charge in [0.25, 0.3) is 0 Å². The molecule has 0 radical (unpaired) electrons. The summed E-state index contributed by atoms with van der Waals surface area (Å²) in [7, 11) is -2.80. The maximum Gasteiger partial charge on any atom is 0.475 e. The average molecular weight is 679 g/mol. The molecule has 3 heterocycles. The minimum atomic E-state index is -4.42. The lowest BCUT2D eigenvalue weighted by atomic mass is 9.97.